The van der Waals surface area contributed by atoms with E-state index in [1.165, 1.54) is 6.20 Å². The SMILES string of the molecule is CC[C@@H]1Oc2ccc(NC(=O)c3cnc4ccccc4n3)cc2CN([C@@H](C)CC)C1=O. The molecule has 160 valence electrons. The van der Waals surface area contributed by atoms with Gasteiger partial charge in [-0.05, 0) is 50.1 Å². The highest BCUT2D eigenvalue weighted by Gasteiger charge is 2.32. The molecule has 3 aromatic rings. The molecule has 0 saturated heterocycles. The molecule has 7 heteroatoms. The second-order valence-corrected chi connectivity index (χ2v) is 7.76. The molecule has 0 fully saturated rings. The molecule has 2 atom stereocenters. The highest BCUT2D eigenvalue weighted by molar-refractivity contribution is 6.03. The number of carbonyl (C=O) groups excluding carboxylic acids is 2. The van der Waals surface area contributed by atoms with Crippen LogP contribution in [0.15, 0.2) is 48.7 Å². The lowest BCUT2D eigenvalue weighted by atomic mass is 10.1. The topological polar surface area (TPSA) is 84.4 Å². The van der Waals surface area contributed by atoms with Gasteiger partial charge in [0.2, 0.25) is 0 Å². The van der Waals surface area contributed by atoms with Gasteiger partial charge in [0.05, 0.1) is 17.2 Å². The van der Waals surface area contributed by atoms with Crippen LogP contribution in [0.3, 0.4) is 0 Å². The quantitative estimate of drug-likeness (QED) is 0.672. The molecule has 0 spiro atoms. The van der Waals surface area contributed by atoms with E-state index in [0.717, 1.165) is 17.5 Å². The summed E-state index contributed by atoms with van der Waals surface area (Å²) in [6.45, 7) is 6.49. The van der Waals surface area contributed by atoms with E-state index in [2.05, 4.69) is 22.2 Å². The van der Waals surface area contributed by atoms with Crippen molar-refractivity contribution >= 4 is 28.5 Å². The second kappa shape index (κ2) is 8.71. The number of benzene rings is 2. The van der Waals surface area contributed by atoms with E-state index >= 15 is 0 Å². The van der Waals surface area contributed by atoms with Crippen LogP contribution in [0.4, 0.5) is 5.69 Å². The lowest BCUT2D eigenvalue weighted by Gasteiger charge is -2.28. The molecule has 0 radical (unpaired) electrons. The van der Waals surface area contributed by atoms with Crippen LogP contribution in [0.2, 0.25) is 0 Å². The lowest BCUT2D eigenvalue weighted by molar-refractivity contribution is -0.140. The second-order valence-electron chi connectivity index (χ2n) is 7.76. The molecule has 2 aromatic carbocycles. The Bertz CT molecular complexity index is 1130. The average molecular weight is 418 g/mol. The largest absolute Gasteiger partial charge is 0.480 e. The van der Waals surface area contributed by atoms with E-state index in [-0.39, 0.29) is 23.6 Å². The molecular formula is C24H26N4O3. The number of hydrogen-bond acceptors (Lipinski definition) is 5. The Labute approximate surface area is 181 Å². The first-order valence-electron chi connectivity index (χ1n) is 10.6. The molecule has 1 aliphatic rings. The minimum absolute atomic E-state index is 0.00470. The number of nitrogens with zero attached hydrogens (tertiary/aromatic N) is 3. The van der Waals surface area contributed by atoms with Gasteiger partial charge in [0, 0.05) is 23.8 Å². The van der Waals surface area contributed by atoms with Gasteiger partial charge in [-0.15, -0.1) is 0 Å². The van der Waals surface area contributed by atoms with Crippen molar-refractivity contribution in [3.8, 4) is 5.75 Å². The third kappa shape index (κ3) is 4.21. The molecule has 0 unspecified atom stereocenters. The number of fused-ring (bicyclic) bond motifs is 2. The van der Waals surface area contributed by atoms with Crippen LogP contribution in [0.1, 0.15) is 49.7 Å². The number of rotatable bonds is 5. The van der Waals surface area contributed by atoms with Crippen molar-refractivity contribution in [2.75, 3.05) is 5.32 Å². The molecule has 1 N–H and O–H groups in total. The Kier molecular flexibility index (Phi) is 5.84. The first-order chi connectivity index (χ1) is 15.0. The number of anilines is 1. The van der Waals surface area contributed by atoms with Gasteiger partial charge in [0.15, 0.2) is 6.10 Å². The van der Waals surface area contributed by atoms with Gasteiger partial charge >= 0.3 is 0 Å². The summed E-state index contributed by atoms with van der Waals surface area (Å²) in [6.07, 6.45) is 2.43. The van der Waals surface area contributed by atoms with Crippen LogP contribution in [0.25, 0.3) is 11.0 Å². The summed E-state index contributed by atoms with van der Waals surface area (Å²) in [6, 6.07) is 13.0. The molecule has 2 heterocycles. The van der Waals surface area contributed by atoms with Gasteiger partial charge in [-0.2, -0.15) is 0 Å². The number of carbonyl (C=O) groups is 2. The normalized spacial score (nSPS) is 16.9. The van der Waals surface area contributed by atoms with E-state index in [1.807, 2.05) is 55.1 Å². The minimum atomic E-state index is -0.497. The van der Waals surface area contributed by atoms with Crippen molar-refractivity contribution in [1.82, 2.24) is 14.9 Å². The van der Waals surface area contributed by atoms with Crippen molar-refractivity contribution < 1.29 is 14.3 Å². The third-order valence-corrected chi connectivity index (χ3v) is 5.66. The van der Waals surface area contributed by atoms with Crippen molar-refractivity contribution in [3.63, 3.8) is 0 Å². The Morgan fingerprint density at radius 1 is 1.23 bits per heavy atom. The molecule has 1 aromatic heterocycles. The van der Waals surface area contributed by atoms with Gasteiger partial charge in [-0.3, -0.25) is 14.6 Å². The Hall–Kier alpha value is -3.48. The molecule has 7 nitrogen and oxygen atoms in total. The molecule has 4 rings (SSSR count). The van der Waals surface area contributed by atoms with Crippen molar-refractivity contribution in [3.05, 3.63) is 59.9 Å². The third-order valence-electron chi connectivity index (χ3n) is 5.66. The predicted molar refractivity (Wildman–Crippen MR) is 119 cm³/mol. The van der Waals surface area contributed by atoms with E-state index < -0.39 is 6.10 Å². The number of para-hydroxylation sites is 2. The van der Waals surface area contributed by atoms with Crippen LogP contribution >= 0.6 is 0 Å². The molecular weight excluding hydrogens is 392 g/mol. The lowest BCUT2D eigenvalue weighted by Crippen LogP contribution is -2.43. The highest BCUT2D eigenvalue weighted by Crippen LogP contribution is 2.30. The summed E-state index contributed by atoms with van der Waals surface area (Å²) in [5.41, 5.74) is 3.13. The monoisotopic (exact) mass is 418 g/mol. The van der Waals surface area contributed by atoms with Crippen molar-refractivity contribution in [2.45, 2.75) is 52.3 Å². The molecule has 1 aliphatic heterocycles. The van der Waals surface area contributed by atoms with Crippen molar-refractivity contribution in [2.24, 2.45) is 0 Å². The minimum Gasteiger partial charge on any atom is -0.480 e. The number of nitrogens with one attached hydrogen (secondary N) is 1. The fourth-order valence-corrected chi connectivity index (χ4v) is 3.66. The standard InChI is InChI=1S/C24H26N4O3/c1-4-15(3)28-14-16-12-17(10-11-22(16)31-21(5-2)24(28)30)26-23(29)20-13-25-18-8-6-7-9-19(18)27-20/h6-13,15,21H,4-5,14H2,1-3H3,(H,26,29)/t15-,21-/m0/s1. The number of ether oxygens (including phenoxy) is 1. The average Bonchev–Trinajstić information content (AvgIpc) is 2.94. The zero-order chi connectivity index (χ0) is 22.0. The molecule has 0 aliphatic carbocycles. The summed E-state index contributed by atoms with van der Waals surface area (Å²) in [5.74, 6) is 0.341. The molecule has 31 heavy (non-hydrogen) atoms. The van der Waals surface area contributed by atoms with Crippen molar-refractivity contribution in [1.29, 1.82) is 0 Å². The maximum atomic E-state index is 12.9. The summed E-state index contributed by atoms with van der Waals surface area (Å²) < 4.78 is 6.01. The van der Waals surface area contributed by atoms with Gasteiger partial charge in [0.25, 0.3) is 11.8 Å². The van der Waals surface area contributed by atoms with Gasteiger partial charge in [-0.1, -0.05) is 26.0 Å². The first-order valence-corrected chi connectivity index (χ1v) is 10.6. The summed E-state index contributed by atoms with van der Waals surface area (Å²) in [7, 11) is 0. The van der Waals surface area contributed by atoms with Gasteiger partial charge < -0.3 is 15.0 Å². The smallest absolute Gasteiger partial charge is 0.275 e. The molecule has 0 saturated carbocycles. The summed E-state index contributed by atoms with van der Waals surface area (Å²) in [4.78, 5) is 36.2. The number of aromatic nitrogens is 2. The zero-order valence-electron chi connectivity index (χ0n) is 18.0. The van der Waals surface area contributed by atoms with Crippen LogP contribution < -0.4 is 10.1 Å². The van der Waals surface area contributed by atoms with Crippen LogP contribution in [0, 0.1) is 0 Å². The molecule has 2 amide bonds. The maximum Gasteiger partial charge on any atom is 0.275 e. The maximum absolute atomic E-state index is 12.9. The summed E-state index contributed by atoms with van der Waals surface area (Å²) in [5, 5.41) is 2.89. The number of amides is 2. The Balaban J connectivity index is 1.59. The highest BCUT2D eigenvalue weighted by atomic mass is 16.5. The van der Waals surface area contributed by atoms with E-state index in [4.69, 9.17) is 4.74 Å². The van der Waals surface area contributed by atoms with Crippen LogP contribution in [0.5, 0.6) is 5.75 Å². The fourth-order valence-electron chi connectivity index (χ4n) is 3.66. The van der Waals surface area contributed by atoms with E-state index in [0.29, 0.717) is 29.9 Å². The zero-order valence-corrected chi connectivity index (χ0v) is 18.0. The van der Waals surface area contributed by atoms with Gasteiger partial charge in [-0.25, -0.2) is 4.98 Å². The predicted octanol–water partition coefficient (Wildman–Crippen LogP) is 4.18. The Morgan fingerprint density at radius 2 is 2.00 bits per heavy atom. The fraction of sp³-hybridized carbons (Fsp3) is 0.333. The number of hydrogen-bond donors (Lipinski definition) is 1. The van der Waals surface area contributed by atoms with E-state index in [9.17, 15) is 9.59 Å². The van der Waals surface area contributed by atoms with Crippen LogP contribution in [-0.2, 0) is 11.3 Å². The summed E-state index contributed by atoms with van der Waals surface area (Å²) >= 11 is 0. The van der Waals surface area contributed by atoms with Gasteiger partial charge in [0.1, 0.15) is 11.4 Å². The Morgan fingerprint density at radius 3 is 2.74 bits per heavy atom. The first kappa shape index (κ1) is 20.8. The van der Waals surface area contributed by atoms with E-state index in [1.54, 1.807) is 6.07 Å². The van der Waals surface area contributed by atoms with Crippen LogP contribution in [-0.4, -0.2) is 38.8 Å². The molecule has 0 bridgehead atoms.